The highest BCUT2D eigenvalue weighted by Gasteiger charge is 2.18. The molecule has 1 aromatic heterocycles. The van der Waals surface area contributed by atoms with Gasteiger partial charge in [0.15, 0.2) is 5.13 Å². The molecule has 3 rings (SSSR count). The molecule has 7 heteroatoms. The molecule has 0 unspecified atom stereocenters. The minimum absolute atomic E-state index is 0.125. The Hall–Kier alpha value is -2.80. The van der Waals surface area contributed by atoms with E-state index in [0.717, 1.165) is 4.70 Å². The maximum Gasteiger partial charge on any atom is 0.281 e. The Morgan fingerprint density at radius 2 is 1.76 bits per heavy atom. The van der Waals surface area contributed by atoms with Crippen molar-refractivity contribution in [1.82, 2.24) is 4.98 Å². The monoisotopic (exact) mass is 413 g/mol. The zero-order valence-electron chi connectivity index (χ0n) is 16.9. The Bertz CT molecular complexity index is 1070. The normalized spacial score (nSPS) is 11.3. The van der Waals surface area contributed by atoms with E-state index in [0.29, 0.717) is 21.8 Å². The van der Waals surface area contributed by atoms with E-state index in [4.69, 9.17) is 0 Å². The molecule has 1 N–H and O–H groups in total. The number of halogens is 1. The topological polar surface area (TPSA) is 62.3 Å². The molecule has 1 amide bonds. The van der Waals surface area contributed by atoms with E-state index in [1.165, 1.54) is 23.5 Å². The molecule has 1 heterocycles. The molecule has 0 saturated carbocycles. The lowest BCUT2D eigenvalue weighted by molar-refractivity contribution is -0.115. The third-order valence-corrected chi connectivity index (χ3v) is 5.56. The first-order valence-electron chi connectivity index (χ1n) is 9.52. The van der Waals surface area contributed by atoms with Gasteiger partial charge in [0.25, 0.3) is 5.56 Å². The van der Waals surface area contributed by atoms with Crippen LogP contribution in [0.3, 0.4) is 0 Å². The van der Waals surface area contributed by atoms with Gasteiger partial charge in [-0.25, -0.2) is 4.39 Å². The second-order valence-corrected chi connectivity index (χ2v) is 8.47. The Morgan fingerprint density at radius 1 is 1.10 bits per heavy atom. The lowest BCUT2D eigenvalue weighted by atomic mass is 10.1. The van der Waals surface area contributed by atoms with E-state index in [2.05, 4.69) is 42.9 Å². The first-order valence-corrected chi connectivity index (χ1v) is 10.3. The summed E-state index contributed by atoms with van der Waals surface area (Å²) in [5.41, 5.74) is 0.938. The number of nitrogens with zero attached hydrogens (tertiary/aromatic N) is 2. The van der Waals surface area contributed by atoms with Crippen LogP contribution in [0, 0.1) is 5.82 Å². The van der Waals surface area contributed by atoms with Crippen molar-refractivity contribution in [2.24, 2.45) is 0 Å². The second-order valence-electron chi connectivity index (χ2n) is 7.46. The summed E-state index contributed by atoms with van der Waals surface area (Å²) in [6.45, 7) is 8.29. The highest BCUT2D eigenvalue weighted by atomic mass is 32.1. The van der Waals surface area contributed by atoms with Gasteiger partial charge in [0.2, 0.25) is 5.91 Å². The number of anilines is 2. The van der Waals surface area contributed by atoms with E-state index in [9.17, 15) is 14.0 Å². The Labute approximate surface area is 173 Å². The lowest BCUT2D eigenvalue weighted by Gasteiger charge is -2.31. The van der Waals surface area contributed by atoms with Crippen LogP contribution < -0.4 is 15.8 Å². The van der Waals surface area contributed by atoms with Crippen molar-refractivity contribution in [3.8, 4) is 0 Å². The van der Waals surface area contributed by atoms with Crippen molar-refractivity contribution < 1.29 is 9.18 Å². The molecule has 0 fully saturated rings. The van der Waals surface area contributed by atoms with Crippen LogP contribution in [0.2, 0.25) is 0 Å². The summed E-state index contributed by atoms with van der Waals surface area (Å²) in [4.78, 5) is 31.3. The van der Waals surface area contributed by atoms with Crippen LogP contribution in [0.25, 0.3) is 10.1 Å². The maximum atomic E-state index is 13.0. The minimum Gasteiger partial charge on any atom is -0.343 e. The third-order valence-electron chi connectivity index (χ3n) is 4.50. The molecular formula is C22H24FN3O2S. The summed E-state index contributed by atoms with van der Waals surface area (Å²) in [5.74, 6) is -0.573. The van der Waals surface area contributed by atoms with Crippen LogP contribution >= 0.6 is 11.3 Å². The van der Waals surface area contributed by atoms with Gasteiger partial charge in [-0.3, -0.25) is 9.59 Å². The van der Waals surface area contributed by atoms with Gasteiger partial charge in [-0.15, -0.1) is 0 Å². The van der Waals surface area contributed by atoms with Gasteiger partial charge in [0.05, 0.1) is 11.8 Å². The van der Waals surface area contributed by atoms with Crippen molar-refractivity contribution in [1.29, 1.82) is 0 Å². The van der Waals surface area contributed by atoms with E-state index >= 15 is 0 Å². The number of fused-ring (bicyclic) bond motifs is 1. The average Bonchev–Trinajstić information content (AvgIpc) is 2.63. The molecule has 0 aliphatic heterocycles. The van der Waals surface area contributed by atoms with Gasteiger partial charge in [-0.1, -0.05) is 23.5 Å². The number of hydrogen-bond donors (Lipinski definition) is 1. The SMILES string of the molecule is CC(C)N(c1nc(=O)c2cc(NC(=O)Cc3ccc(F)cc3)ccc2s1)C(C)C. The summed E-state index contributed by atoms with van der Waals surface area (Å²) in [7, 11) is 0. The molecule has 0 aliphatic carbocycles. The summed E-state index contributed by atoms with van der Waals surface area (Å²) in [5, 5.41) is 3.97. The second kappa shape index (κ2) is 8.69. The van der Waals surface area contributed by atoms with Crippen LogP contribution in [0.5, 0.6) is 0 Å². The fourth-order valence-corrected chi connectivity index (χ4v) is 4.52. The number of carbonyl (C=O) groups excluding carboxylic acids is 1. The van der Waals surface area contributed by atoms with Crippen molar-refractivity contribution in [2.45, 2.75) is 46.2 Å². The zero-order chi connectivity index (χ0) is 21.1. The van der Waals surface area contributed by atoms with Gasteiger partial charge in [-0.05, 0) is 63.6 Å². The summed E-state index contributed by atoms with van der Waals surface area (Å²) < 4.78 is 13.8. The Balaban J connectivity index is 1.83. The lowest BCUT2D eigenvalue weighted by Crippen LogP contribution is -2.38. The van der Waals surface area contributed by atoms with Crippen molar-refractivity contribution >= 4 is 38.1 Å². The van der Waals surface area contributed by atoms with Crippen molar-refractivity contribution in [3.63, 3.8) is 0 Å². The predicted octanol–water partition coefficient (Wildman–Crippen LogP) is 4.60. The molecule has 0 spiro atoms. The van der Waals surface area contributed by atoms with E-state index in [1.807, 2.05) is 6.07 Å². The molecule has 0 radical (unpaired) electrons. The van der Waals surface area contributed by atoms with E-state index < -0.39 is 0 Å². The number of benzene rings is 2. The van der Waals surface area contributed by atoms with Gasteiger partial charge in [0.1, 0.15) is 5.82 Å². The number of rotatable bonds is 6. The largest absolute Gasteiger partial charge is 0.343 e. The van der Waals surface area contributed by atoms with Crippen molar-refractivity contribution in [2.75, 3.05) is 10.2 Å². The third kappa shape index (κ3) is 4.98. The molecule has 29 heavy (non-hydrogen) atoms. The predicted molar refractivity (Wildman–Crippen MR) is 117 cm³/mol. The first-order chi connectivity index (χ1) is 13.7. The quantitative estimate of drug-likeness (QED) is 0.642. The highest BCUT2D eigenvalue weighted by molar-refractivity contribution is 7.21. The van der Waals surface area contributed by atoms with Crippen molar-refractivity contribution in [3.05, 3.63) is 64.2 Å². The number of aromatic nitrogens is 1. The van der Waals surface area contributed by atoms with Crippen LogP contribution in [0.1, 0.15) is 33.3 Å². The van der Waals surface area contributed by atoms with Gasteiger partial charge in [0, 0.05) is 22.5 Å². The molecular weight excluding hydrogens is 389 g/mol. The van der Waals surface area contributed by atoms with Gasteiger partial charge >= 0.3 is 0 Å². The molecule has 5 nitrogen and oxygen atoms in total. The fourth-order valence-electron chi connectivity index (χ4n) is 3.27. The van der Waals surface area contributed by atoms with Crippen LogP contribution in [0.4, 0.5) is 15.2 Å². The standard InChI is InChI=1S/C22H24FN3O2S/c1-13(2)26(14(3)4)22-25-21(28)18-12-17(9-10-19(18)29-22)24-20(27)11-15-5-7-16(23)8-6-15/h5-10,12-14H,11H2,1-4H3,(H,24,27). The molecule has 2 aromatic carbocycles. The first kappa shape index (κ1) is 20.9. The average molecular weight is 414 g/mol. The van der Waals surface area contributed by atoms with Crippen LogP contribution in [-0.2, 0) is 11.2 Å². The van der Waals surface area contributed by atoms with E-state index in [-0.39, 0.29) is 35.8 Å². The van der Waals surface area contributed by atoms with Crippen LogP contribution in [-0.4, -0.2) is 23.0 Å². The number of hydrogen-bond acceptors (Lipinski definition) is 5. The summed E-state index contributed by atoms with van der Waals surface area (Å²) in [6, 6.07) is 11.5. The van der Waals surface area contributed by atoms with E-state index in [1.54, 1.807) is 24.3 Å². The Morgan fingerprint density at radius 3 is 2.38 bits per heavy atom. The molecule has 0 bridgehead atoms. The fraction of sp³-hybridized carbons (Fsp3) is 0.318. The Kier molecular flexibility index (Phi) is 6.27. The minimum atomic E-state index is -0.340. The van der Waals surface area contributed by atoms with Crippen LogP contribution in [0.15, 0.2) is 47.3 Å². The van der Waals surface area contributed by atoms with Gasteiger partial charge in [-0.2, -0.15) is 4.98 Å². The smallest absolute Gasteiger partial charge is 0.281 e. The van der Waals surface area contributed by atoms with Gasteiger partial charge < -0.3 is 10.2 Å². The summed E-state index contributed by atoms with van der Waals surface area (Å²) in [6.07, 6.45) is 0.125. The number of carbonyl (C=O) groups is 1. The zero-order valence-corrected chi connectivity index (χ0v) is 17.7. The molecule has 0 aliphatic rings. The molecule has 0 saturated heterocycles. The summed E-state index contributed by atoms with van der Waals surface area (Å²) >= 11 is 1.46. The molecule has 3 aromatic rings. The molecule has 152 valence electrons. The highest BCUT2D eigenvalue weighted by Crippen LogP contribution is 2.28. The number of nitrogens with one attached hydrogen (secondary N) is 1. The number of amides is 1. The molecule has 0 atom stereocenters. The maximum absolute atomic E-state index is 13.0.